The molecular formula is C10H7FN4O2. The van der Waals surface area contributed by atoms with E-state index in [-0.39, 0.29) is 17.5 Å². The zero-order valence-corrected chi connectivity index (χ0v) is 8.77. The van der Waals surface area contributed by atoms with Crippen molar-refractivity contribution in [3.05, 3.63) is 29.9 Å². The van der Waals surface area contributed by atoms with Gasteiger partial charge in [0.15, 0.2) is 11.4 Å². The highest BCUT2D eigenvalue weighted by Gasteiger charge is 2.11. The second-order valence-electron chi connectivity index (χ2n) is 3.36. The minimum atomic E-state index is -0.444. The first-order valence-corrected chi connectivity index (χ1v) is 4.84. The molecular weight excluding hydrogens is 227 g/mol. The fourth-order valence-electron chi connectivity index (χ4n) is 1.41. The number of rotatable bonds is 2. The van der Waals surface area contributed by atoms with Crippen molar-refractivity contribution in [2.75, 3.05) is 5.32 Å². The van der Waals surface area contributed by atoms with Crippen LogP contribution in [-0.2, 0) is 0 Å². The van der Waals surface area contributed by atoms with E-state index in [0.717, 1.165) is 0 Å². The summed E-state index contributed by atoms with van der Waals surface area (Å²) in [5.41, 5.74) is 0.509. The topological polar surface area (TPSA) is 77.0 Å². The first kappa shape index (κ1) is 9.76. The van der Waals surface area contributed by atoms with Crippen LogP contribution in [0.3, 0.4) is 0 Å². The molecule has 0 atom stereocenters. The maximum atomic E-state index is 13.3. The van der Waals surface area contributed by atoms with Crippen molar-refractivity contribution < 1.29 is 13.2 Å². The van der Waals surface area contributed by atoms with Crippen molar-refractivity contribution in [3.8, 4) is 0 Å². The van der Waals surface area contributed by atoms with Crippen LogP contribution in [0, 0.1) is 12.7 Å². The predicted octanol–water partition coefficient (Wildman–Crippen LogP) is 2.40. The van der Waals surface area contributed by atoms with E-state index in [0.29, 0.717) is 11.5 Å². The molecule has 0 amide bonds. The molecule has 0 aliphatic carbocycles. The van der Waals surface area contributed by atoms with Crippen LogP contribution in [0.2, 0.25) is 0 Å². The third-order valence-electron chi connectivity index (χ3n) is 2.11. The van der Waals surface area contributed by atoms with Crippen molar-refractivity contribution in [2.24, 2.45) is 0 Å². The summed E-state index contributed by atoms with van der Waals surface area (Å²) in [5.74, 6) is -0.0317. The molecule has 0 fully saturated rings. The molecule has 2 aromatic heterocycles. The maximum Gasteiger partial charge on any atom is 0.323 e. The highest BCUT2D eigenvalue weighted by molar-refractivity contribution is 5.75. The number of anilines is 2. The summed E-state index contributed by atoms with van der Waals surface area (Å²) in [6, 6.07) is 4.73. The standard InChI is InChI=1S/C10H7FN4O2/c1-5-14-15-10(16-5)13-9-12-8-6(11)3-2-4-7(8)17-9/h2-4H,1H3,(H,12,13,15). The molecule has 2 heterocycles. The number of oxazole rings is 1. The van der Waals surface area contributed by atoms with Gasteiger partial charge in [0, 0.05) is 6.92 Å². The lowest BCUT2D eigenvalue weighted by atomic mass is 10.3. The predicted molar refractivity (Wildman–Crippen MR) is 56.3 cm³/mol. The Morgan fingerprint density at radius 2 is 2.06 bits per heavy atom. The first-order valence-electron chi connectivity index (χ1n) is 4.84. The molecule has 86 valence electrons. The van der Waals surface area contributed by atoms with Gasteiger partial charge in [-0.05, 0) is 12.1 Å². The van der Waals surface area contributed by atoms with Gasteiger partial charge in [-0.2, -0.15) is 4.98 Å². The van der Waals surface area contributed by atoms with E-state index in [1.54, 1.807) is 19.1 Å². The van der Waals surface area contributed by atoms with Gasteiger partial charge in [-0.1, -0.05) is 11.2 Å². The quantitative estimate of drug-likeness (QED) is 0.733. The number of aryl methyl sites for hydroxylation is 1. The number of hydrogen-bond donors (Lipinski definition) is 1. The molecule has 0 saturated heterocycles. The summed E-state index contributed by atoms with van der Waals surface area (Å²) < 4.78 is 23.7. The van der Waals surface area contributed by atoms with Gasteiger partial charge in [0.1, 0.15) is 5.52 Å². The number of fused-ring (bicyclic) bond motifs is 1. The van der Waals surface area contributed by atoms with Crippen LogP contribution in [0.5, 0.6) is 0 Å². The van der Waals surface area contributed by atoms with Gasteiger partial charge < -0.3 is 8.83 Å². The Bertz CT molecular complexity index is 676. The SMILES string of the molecule is Cc1nnc(Nc2nc3c(F)cccc3o2)o1. The Kier molecular flexibility index (Phi) is 2.04. The van der Waals surface area contributed by atoms with Crippen molar-refractivity contribution in [3.63, 3.8) is 0 Å². The second kappa shape index (κ2) is 3.55. The molecule has 1 aromatic carbocycles. The highest BCUT2D eigenvalue weighted by Crippen LogP contribution is 2.23. The minimum Gasteiger partial charge on any atom is -0.423 e. The molecule has 0 bridgehead atoms. The average molecular weight is 234 g/mol. The summed E-state index contributed by atoms with van der Waals surface area (Å²) in [6.07, 6.45) is 0. The summed E-state index contributed by atoms with van der Waals surface area (Å²) in [4.78, 5) is 3.94. The Balaban J connectivity index is 1.98. The summed E-state index contributed by atoms with van der Waals surface area (Å²) in [5, 5.41) is 10.0. The number of hydrogen-bond acceptors (Lipinski definition) is 6. The molecule has 6 nitrogen and oxygen atoms in total. The van der Waals surface area contributed by atoms with Crippen LogP contribution in [-0.4, -0.2) is 15.2 Å². The maximum absolute atomic E-state index is 13.3. The third kappa shape index (κ3) is 1.71. The van der Waals surface area contributed by atoms with Crippen LogP contribution in [0.1, 0.15) is 5.89 Å². The van der Waals surface area contributed by atoms with E-state index >= 15 is 0 Å². The fourth-order valence-corrected chi connectivity index (χ4v) is 1.41. The Hall–Kier alpha value is -2.44. The van der Waals surface area contributed by atoms with Gasteiger partial charge in [-0.25, -0.2) is 4.39 Å². The second-order valence-corrected chi connectivity index (χ2v) is 3.36. The molecule has 7 heteroatoms. The van der Waals surface area contributed by atoms with E-state index in [9.17, 15) is 4.39 Å². The largest absolute Gasteiger partial charge is 0.423 e. The van der Waals surface area contributed by atoms with Crippen LogP contribution in [0.15, 0.2) is 27.0 Å². The van der Waals surface area contributed by atoms with Crippen molar-refractivity contribution in [2.45, 2.75) is 6.92 Å². The number of benzene rings is 1. The van der Waals surface area contributed by atoms with Crippen molar-refractivity contribution >= 4 is 23.1 Å². The number of nitrogens with one attached hydrogen (secondary N) is 1. The van der Waals surface area contributed by atoms with Gasteiger partial charge in [-0.15, -0.1) is 5.10 Å². The van der Waals surface area contributed by atoms with Crippen LogP contribution in [0.25, 0.3) is 11.1 Å². The molecule has 1 N–H and O–H groups in total. The number of halogens is 1. The Morgan fingerprint density at radius 3 is 2.76 bits per heavy atom. The van der Waals surface area contributed by atoms with Gasteiger partial charge >= 0.3 is 12.0 Å². The van der Waals surface area contributed by atoms with E-state index < -0.39 is 5.82 Å². The summed E-state index contributed by atoms with van der Waals surface area (Å²) >= 11 is 0. The number of nitrogens with zero attached hydrogens (tertiary/aromatic N) is 3. The van der Waals surface area contributed by atoms with Crippen LogP contribution in [0.4, 0.5) is 16.4 Å². The van der Waals surface area contributed by atoms with Crippen molar-refractivity contribution in [1.82, 2.24) is 15.2 Å². The van der Waals surface area contributed by atoms with Gasteiger partial charge in [0.2, 0.25) is 5.89 Å². The van der Waals surface area contributed by atoms with Gasteiger partial charge in [0.05, 0.1) is 0 Å². The molecule has 3 aromatic rings. The molecule has 17 heavy (non-hydrogen) atoms. The normalized spacial score (nSPS) is 10.9. The lowest BCUT2D eigenvalue weighted by Gasteiger charge is -1.90. The van der Waals surface area contributed by atoms with Crippen LogP contribution >= 0.6 is 0 Å². The molecule has 0 saturated carbocycles. The molecule has 0 unspecified atom stereocenters. The first-order chi connectivity index (χ1) is 8.22. The molecule has 0 radical (unpaired) electrons. The van der Waals surface area contributed by atoms with Gasteiger partial charge in [0.25, 0.3) is 0 Å². The Morgan fingerprint density at radius 1 is 1.18 bits per heavy atom. The average Bonchev–Trinajstić information content (AvgIpc) is 2.86. The zero-order valence-electron chi connectivity index (χ0n) is 8.77. The lowest BCUT2D eigenvalue weighted by Crippen LogP contribution is -1.90. The smallest absolute Gasteiger partial charge is 0.323 e. The highest BCUT2D eigenvalue weighted by atomic mass is 19.1. The number of aromatic nitrogens is 3. The lowest BCUT2D eigenvalue weighted by molar-refractivity contribution is 0.528. The van der Waals surface area contributed by atoms with E-state index in [2.05, 4.69) is 20.5 Å². The molecule has 0 aliphatic rings. The minimum absolute atomic E-state index is 0.105. The monoisotopic (exact) mass is 234 g/mol. The fraction of sp³-hybridized carbons (Fsp3) is 0.100. The summed E-state index contributed by atoms with van der Waals surface area (Å²) in [7, 11) is 0. The van der Waals surface area contributed by atoms with Crippen LogP contribution < -0.4 is 5.32 Å². The van der Waals surface area contributed by atoms with Crippen molar-refractivity contribution in [1.29, 1.82) is 0 Å². The molecule has 0 spiro atoms. The molecule has 3 rings (SSSR count). The third-order valence-corrected chi connectivity index (χ3v) is 2.11. The summed E-state index contributed by atoms with van der Waals surface area (Å²) in [6.45, 7) is 1.66. The number of para-hydroxylation sites is 1. The molecule has 0 aliphatic heterocycles. The van der Waals surface area contributed by atoms with E-state index in [4.69, 9.17) is 8.83 Å². The van der Waals surface area contributed by atoms with E-state index in [1.165, 1.54) is 6.07 Å². The van der Waals surface area contributed by atoms with Gasteiger partial charge in [-0.3, -0.25) is 5.32 Å². The Labute approximate surface area is 94.5 Å². The van der Waals surface area contributed by atoms with E-state index in [1.807, 2.05) is 0 Å². The zero-order chi connectivity index (χ0) is 11.8.